The minimum absolute atomic E-state index is 0.401. The van der Waals surface area contributed by atoms with E-state index in [4.69, 9.17) is 5.11 Å². The van der Waals surface area contributed by atoms with E-state index >= 15 is 0 Å². The molecule has 1 atom stereocenters. The highest BCUT2D eigenvalue weighted by atomic mass is 79.9. The van der Waals surface area contributed by atoms with Crippen LogP contribution in [0.5, 0.6) is 0 Å². The molecule has 0 amide bonds. The lowest BCUT2D eigenvalue weighted by molar-refractivity contribution is -0.141. The van der Waals surface area contributed by atoms with Crippen LogP contribution in [-0.4, -0.2) is 26.1 Å². The molecule has 6 heteroatoms. The molecular weight excluding hydrogens is 298 g/mol. The van der Waals surface area contributed by atoms with Crippen LogP contribution in [0.4, 0.5) is 0 Å². The summed E-state index contributed by atoms with van der Waals surface area (Å²) in [6.45, 7) is 1.67. The number of carboxylic acids is 1. The average molecular weight is 310 g/mol. The van der Waals surface area contributed by atoms with Crippen LogP contribution in [0.25, 0.3) is 5.69 Å². The van der Waals surface area contributed by atoms with Gasteiger partial charge in [0.25, 0.3) is 0 Å². The zero-order valence-corrected chi connectivity index (χ0v) is 11.3. The summed E-state index contributed by atoms with van der Waals surface area (Å²) in [7, 11) is 0. The van der Waals surface area contributed by atoms with Crippen LogP contribution in [0.3, 0.4) is 0 Å². The Hall–Kier alpha value is -1.69. The summed E-state index contributed by atoms with van der Waals surface area (Å²) in [5, 5.41) is 16.8. The van der Waals surface area contributed by atoms with Gasteiger partial charge in [-0.05, 0) is 24.3 Å². The van der Waals surface area contributed by atoms with E-state index in [0.717, 1.165) is 15.9 Å². The van der Waals surface area contributed by atoms with Gasteiger partial charge in [-0.2, -0.15) is 0 Å². The van der Waals surface area contributed by atoms with Gasteiger partial charge in [0.15, 0.2) is 0 Å². The molecule has 1 aromatic carbocycles. The molecule has 1 unspecified atom stereocenters. The van der Waals surface area contributed by atoms with Crippen molar-refractivity contribution in [3.8, 4) is 5.69 Å². The largest absolute Gasteiger partial charge is 0.481 e. The van der Waals surface area contributed by atoms with Crippen LogP contribution in [0.15, 0.2) is 34.9 Å². The fourth-order valence-corrected chi connectivity index (χ4v) is 1.86. The standard InChI is InChI=1S/C12H12BrN3O2/c1-8(12(17)18)6-11-7-14-15-16(11)10-4-2-9(13)3-5-10/h2-5,7-8H,6H2,1H3,(H,17,18). The Kier molecular flexibility index (Phi) is 3.76. The van der Waals surface area contributed by atoms with E-state index in [0.29, 0.717) is 6.42 Å². The Bertz CT molecular complexity index is 551. The van der Waals surface area contributed by atoms with Crippen molar-refractivity contribution in [1.29, 1.82) is 0 Å². The molecule has 2 rings (SSSR count). The van der Waals surface area contributed by atoms with Crippen molar-refractivity contribution in [3.05, 3.63) is 40.6 Å². The first-order chi connectivity index (χ1) is 8.58. The average Bonchev–Trinajstić information content (AvgIpc) is 2.78. The molecule has 18 heavy (non-hydrogen) atoms. The summed E-state index contributed by atoms with van der Waals surface area (Å²) in [6.07, 6.45) is 2.00. The zero-order chi connectivity index (χ0) is 13.1. The highest BCUT2D eigenvalue weighted by Gasteiger charge is 2.15. The summed E-state index contributed by atoms with van der Waals surface area (Å²) in [5.41, 5.74) is 1.65. The molecule has 94 valence electrons. The van der Waals surface area contributed by atoms with E-state index < -0.39 is 11.9 Å². The highest BCUT2D eigenvalue weighted by Crippen LogP contribution is 2.16. The summed E-state index contributed by atoms with van der Waals surface area (Å²) < 4.78 is 2.64. The molecule has 0 saturated heterocycles. The monoisotopic (exact) mass is 309 g/mol. The number of benzene rings is 1. The van der Waals surface area contributed by atoms with Crippen LogP contribution < -0.4 is 0 Å². The van der Waals surface area contributed by atoms with Gasteiger partial charge in [-0.1, -0.05) is 28.1 Å². The fourth-order valence-electron chi connectivity index (χ4n) is 1.60. The van der Waals surface area contributed by atoms with Crippen LogP contribution in [0.1, 0.15) is 12.6 Å². The fraction of sp³-hybridized carbons (Fsp3) is 0.250. The van der Waals surface area contributed by atoms with Gasteiger partial charge < -0.3 is 5.11 Å². The molecule has 0 spiro atoms. The van der Waals surface area contributed by atoms with E-state index in [1.807, 2.05) is 24.3 Å². The van der Waals surface area contributed by atoms with Gasteiger partial charge in [0.1, 0.15) is 0 Å². The van der Waals surface area contributed by atoms with Crippen molar-refractivity contribution in [2.75, 3.05) is 0 Å². The lowest BCUT2D eigenvalue weighted by Crippen LogP contribution is -2.14. The van der Waals surface area contributed by atoms with Gasteiger partial charge in [-0.25, -0.2) is 4.68 Å². The van der Waals surface area contributed by atoms with Crippen LogP contribution >= 0.6 is 15.9 Å². The van der Waals surface area contributed by atoms with Crippen molar-refractivity contribution >= 4 is 21.9 Å². The van der Waals surface area contributed by atoms with E-state index in [1.165, 1.54) is 0 Å². The van der Waals surface area contributed by atoms with Gasteiger partial charge in [0, 0.05) is 10.9 Å². The van der Waals surface area contributed by atoms with Gasteiger partial charge in [0.05, 0.1) is 23.5 Å². The maximum absolute atomic E-state index is 10.9. The summed E-state index contributed by atoms with van der Waals surface area (Å²) in [5.74, 6) is -1.28. The number of aliphatic carboxylic acids is 1. The third kappa shape index (κ3) is 2.76. The van der Waals surface area contributed by atoms with Crippen molar-refractivity contribution in [2.24, 2.45) is 5.92 Å². The molecule has 5 nitrogen and oxygen atoms in total. The maximum atomic E-state index is 10.9. The Morgan fingerprint density at radius 2 is 2.11 bits per heavy atom. The first-order valence-corrected chi connectivity index (χ1v) is 6.25. The van der Waals surface area contributed by atoms with Crippen LogP contribution in [0.2, 0.25) is 0 Å². The summed E-state index contributed by atoms with van der Waals surface area (Å²) in [6, 6.07) is 7.60. The lowest BCUT2D eigenvalue weighted by Gasteiger charge is -2.08. The minimum Gasteiger partial charge on any atom is -0.481 e. The first kappa shape index (κ1) is 12.8. The van der Waals surface area contributed by atoms with Gasteiger partial charge in [-0.15, -0.1) is 5.10 Å². The summed E-state index contributed by atoms with van der Waals surface area (Å²) in [4.78, 5) is 10.9. The second-order valence-electron chi connectivity index (χ2n) is 4.06. The second-order valence-corrected chi connectivity index (χ2v) is 4.97. The Morgan fingerprint density at radius 3 is 2.72 bits per heavy atom. The molecule has 0 bridgehead atoms. The van der Waals surface area contributed by atoms with Crippen LogP contribution in [-0.2, 0) is 11.2 Å². The number of aromatic nitrogens is 3. The predicted molar refractivity (Wildman–Crippen MR) is 69.6 cm³/mol. The Balaban J connectivity index is 2.27. The number of carbonyl (C=O) groups is 1. The number of carboxylic acid groups (broad SMARTS) is 1. The highest BCUT2D eigenvalue weighted by molar-refractivity contribution is 9.10. The summed E-state index contributed by atoms with van der Waals surface area (Å²) >= 11 is 3.36. The van der Waals surface area contributed by atoms with Gasteiger partial charge >= 0.3 is 5.97 Å². The Labute approximate surface area is 113 Å². The molecule has 0 aliphatic carbocycles. The molecule has 0 saturated carbocycles. The number of halogens is 1. The number of hydrogen-bond donors (Lipinski definition) is 1. The van der Waals surface area contributed by atoms with Gasteiger partial charge in [0.2, 0.25) is 0 Å². The molecular formula is C12H12BrN3O2. The zero-order valence-electron chi connectivity index (χ0n) is 9.75. The lowest BCUT2D eigenvalue weighted by atomic mass is 10.1. The van der Waals surface area contributed by atoms with E-state index in [2.05, 4.69) is 26.2 Å². The third-order valence-electron chi connectivity index (χ3n) is 2.63. The van der Waals surface area contributed by atoms with E-state index in [1.54, 1.807) is 17.8 Å². The quantitative estimate of drug-likeness (QED) is 0.941. The van der Waals surface area contributed by atoms with Crippen molar-refractivity contribution in [1.82, 2.24) is 15.0 Å². The van der Waals surface area contributed by atoms with E-state index in [-0.39, 0.29) is 0 Å². The first-order valence-electron chi connectivity index (χ1n) is 5.46. The normalized spacial score (nSPS) is 12.3. The molecule has 0 fully saturated rings. The SMILES string of the molecule is CC(Cc1cnnn1-c1ccc(Br)cc1)C(=O)O. The number of nitrogens with zero attached hydrogens (tertiary/aromatic N) is 3. The molecule has 1 N–H and O–H groups in total. The third-order valence-corrected chi connectivity index (χ3v) is 3.16. The molecule has 0 aliphatic heterocycles. The van der Waals surface area contributed by atoms with Crippen molar-refractivity contribution < 1.29 is 9.90 Å². The molecule has 1 heterocycles. The van der Waals surface area contributed by atoms with Crippen LogP contribution in [0, 0.1) is 5.92 Å². The molecule has 0 radical (unpaired) electrons. The van der Waals surface area contributed by atoms with Gasteiger partial charge in [-0.3, -0.25) is 4.79 Å². The molecule has 2 aromatic rings. The minimum atomic E-state index is -0.821. The maximum Gasteiger partial charge on any atom is 0.306 e. The second kappa shape index (κ2) is 5.30. The van der Waals surface area contributed by atoms with Crippen molar-refractivity contribution in [2.45, 2.75) is 13.3 Å². The predicted octanol–water partition coefficient (Wildman–Crippen LogP) is 2.29. The molecule has 1 aromatic heterocycles. The van der Waals surface area contributed by atoms with E-state index in [9.17, 15) is 4.79 Å². The smallest absolute Gasteiger partial charge is 0.306 e. The number of rotatable bonds is 4. The van der Waals surface area contributed by atoms with Crippen molar-refractivity contribution in [3.63, 3.8) is 0 Å². The number of hydrogen-bond acceptors (Lipinski definition) is 3. The Morgan fingerprint density at radius 1 is 1.44 bits per heavy atom. The topological polar surface area (TPSA) is 68.0 Å². The molecule has 0 aliphatic rings.